The molecule has 92 valence electrons. The SMILES string of the molecule is CCC(C)(N)C(=O)c1ccc(OC2CC2)cc1. The summed E-state index contributed by atoms with van der Waals surface area (Å²) in [5.41, 5.74) is 5.81. The average molecular weight is 233 g/mol. The van der Waals surface area contributed by atoms with Gasteiger partial charge in [-0.15, -0.1) is 0 Å². The van der Waals surface area contributed by atoms with Crippen molar-refractivity contribution in [2.45, 2.75) is 44.8 Å². The van der Waals surface area contributed by atoms with Crippen molar-refractivity contribution in [3.63, 3.8) is 0 Å². The van der Waals surface area contributed by atoms with E-state index in [1.807, 2.05) is 19.1 Å². The molecular weight excluding hydrogens is 214 g/mol. The number of carbonyl (C=O) groups is 1. The summed E-state index contributed by atoms with van der Waals surface area (Å²) >= 11 is 0. The lowest BCUT2D eigenvalue weighted by Crippen LogP contribution is -2.44. The fourth-order valence-corrected chi connectivity index (χ4v) is 1.55. The van der Waals surface area contributed by atoms with Crippen LogP contribution in [0.25, 0.3) is 0 Å². The van der Waals surface area contributed by atoms with Gasteiger partial charge in [-0.25, -0.2) is 0 Å². The van der Waals surface area contributed by atoms with Crippen LogP contribution in [-0.2, 0) is 0 Å². The predicted octanol–water partition coefficient (Wildman–Crippen LogP) is 2.54. The third kappa shape index (κ3) is 2.86. The molecule has 1 aromatic carbocycles. The number of hydrogen-bond acceptors (Lipinski definition) is 3. The minimum absolute atomic E-state index is 0.0158. The van der Waals surface area contributed by atoms with Crippen LogP contribution in [0.3, 0.4) is 0 Å². The summed E-state index contributed by atoms with van der Waals surface area (Å²) in [6.45, 7) is 3.69. The number of carbonyl (C=O) groups excluding carboxylic acids is 1. The number of Topliss-reactive ketones (excluding diaryl/α,β-unsaturated/α-hetero) is 1. The van der Waals surface area contributed by atoms with E-state index in [2.05, 4.69) is 0 Å². The number of rotatable bonds is 5. The summed E-state index contributed by atoms with van der Waals surface area (Å²) in [6.07, 6.45) is 3.29. The standard InChI is InChI=1S/C14H19NO2/c1-3-14(2,15)13(16)10-4-6-11(7-5-10)17-12-8-9-12/h4-7,12H,3,8-9,15H2,1-2H3. The van der Waals surface area contributed by atoms with Gasteiger partial charge in [0.25, 0.3) is 0 Å². The van der Waals surface area contributed by atoms with Crippen molar-refractivity contribution in [2.24, 2.45) is 5.73 Å². The summed E-state index contributed by atoms with van der Waals surface area (Å²) in [5.74, 6) is 0.817. The number of benzene rings is 1. The van der Waals surface area contributed by atoms with Gasteiger partial charge in [-0.2, -0.15) is 0 Å². The Morgan fingerprint density at radius 1 is 1.41 bits per heavy atom. The van der Waals surface area contributed by atoms with Crippen molar-refractivity contribution >= 4 is 5.78 Å². The van der Waals surface area contributed by atoms with Crippen LogP contribution in [0.4, 0.5) is 0 Å². The number of ketones is 1. The Kier molecular flexibility index (Phi) is 3.20. The maximum Gasteiger partial charge on any atom is 0.182 e. The smallest absolute Gasteiger partial charge is 0.182 e. The molecule has 3 heteroatoms. The maximum absolute atomic E-state index is 12.1. The van der Waals surface area contributed by atoms with E-state index in [4.69, 9.17) is 10.5 Å². The molecule has 0 saturated heterocycles. The van der Waals surface area contributed by atoms with Crippen molar-refractivity contribution in [3.8, 4) is 5.75 Å². The lowest BCUT2D eigenvalue weighted by atomic mass is 9.90. The predicted molar refractivity (Wildman–Crippen MR) is 67.3 cm³/mol. The van der Waals surface area contributed by atoms with Crippen LogP contribution in [0.5, 0.6) is 5.75 Å². The van der Waals surface area contributed by atoms with E-state index in [-0.39, 0.29) is 5.78 Å². The van der Waals surface area contributed by atoms with Gasteiger partial charge in [-0.3, -0.25) is 4.79 Å². The van der Waals surface area contributed by atoms with E-state index in [1.165, 1.54) is 0 Å². The second-order valence-corrected chi connectivity index (χ2v) is 4.94. The van der Waals surface area contributed by atoms with E-state index < -0.39 is 5.54 Å². The molecular formula is C14H19NO2. The molecule has 2 rings (SSSR count). The highest BCUT2D eigenvalue weighted by Gasteiger charge is 2.27. The minimum Gasteiger partial charge on any atom is -0.490 e. The van der Waals surface area contributed by atoms with E-state index in [0.29, 0.717) is 18.1 Å². The van der Waals surface area contributed by atoms with Crippen LogP contribution in [0.2, 0.25) is 0 Å². The summed E-state index contributed by atoms with van der Waals surface area (Å²) in [6, 6.07) is 7.27. The summed E-state index contributed by atoms with van der Waals surface area (Å²) in [5, 5.41) is 0. The quantitative estimate of drug-likeness (QED) is 0.795. The molecule has 0 bridgehead atoms. The number of hydrogen-bond donors (Lipinski definition) is 1. The zero-order chi connectivity index (χ0) is 12.5. The topological polar surface area (TPSA) is 52.3 Å². The van der Waals surface area contributed by atoms with Crippen LogP contribution in [0.15, 0.2) is 24.3 Å². The van der Waals surface area contributed by atoms with Crippen LogP contribution in [0, 0.1) is 0 Å². The monoisotopic (exact) mass is 233 g/mol. The second-order valence-electron chi connectivity index (χ2n) is 4.94. The molecule has 0 aliphatic heterocycles. The lowest BCUT2D eigenvalue weighted by molar-refractivity contribution is 0.0898. The molecule has 1 atom stereocenters. The summed E-state index contributed by atoms with van der Waals surface area (Å²) < 4.78 is 5.63. The minimum atomic E-state index is -0.779. The van der Waals surface area contributed by atoms with Crippen LogP contribution in [0.1, 0.15) is 43.5 Å². The Balaban J connectivity index is 2.08. The molecule has 3 nitrogen and oxygen atoms in total. The highest BCUT2D eigenvalue weighted by atomic mass is 16.5. The molecule has 1 aliphatic carbocycles. The van der Waals surface area contributed by atoms with Gasteiger partial charge in [0.15, 0.2) is 5.78 Å². The Labute approximate surface area is 102 Å². The molecule has 1 aromatic rings. The molecule has 0 spiro atoms. The lowest BCUT2D eigenvalue weighted by Gasteiger charge is -2.20. The van der Waals surface area contributed by atoms with Gasteiger partial charge in [-0.05, 0) is 50.5 Å². The van der Waals surface area contributed by atoms with Gasteiger partial charge in [-0.1, -0.05) is 6.92 Å². The normalized spacial score (nSPS) is 18.5. The fraction of sp³-hybridized carbons (Fsp3) is 0.500. The molecule has 1 fully saturated rings. The van der Waals surface area contributed by atoms with Crippen molar-refractivity contribution in [3.05, 3.63) is 29.8 Å². The third-order valence-electron chi connectivity index (χ3n) is 3.20. The molecule has 1 unspecified atom stereocenters. The summed E-state index contributed by atoms with van der Waals surface area (Å²) in [4.78, 5) is 12.1. The largest absolute Gasteiger partial charge is 0.490 e. The molecule has 2 N–H and O–H groups in total. The van der Waals surface area contributed by atoms with E-state index in [0.717, 1.165) is 18.6 Å². The number of nitrogens with two attached hydrogens (primary N) is 1. The molecule has 0 aromatic heterocycles. The van der Waals surface area contributed by atoms with E-state index in [1.54, 1.807) is 19.1 Å². The maximum atomic E-state index is 12.1. The van der Waals surface area contributed by atoms with Crippen molar-refractivity contribution < 1.29 is 9.53 Å². The van der Waals surface area contributed by atoms with Crippen molar-refractivity contribution in [1.29, 1.82) is 0 Å². The van der Waals surface area contributed by atoms with Gasteiger partial charge in [0.05, 0.1) is 11.6 Å². The zero-order valence-electron chi connectivity index (χ0n) is 10.4. The molecule has 1 saturated carbocycles. The Bertz CT molecular complexity index is 405. The fourth-order valence-electron chi connectivity index (χ4n) is 1.55. The third-order valence-corrected chi connectivity index (χ3v) is 3.20. The van der Waals surface area contributed by atoms with Crippen LogP contribution < -0.4 is 10.5 Å². The van der Waals surface area contributed by atoms with E-state index in [9.17, 15) is 4.79 Å². The molecule has 0 heterocycles. The second kappa shape index (κ2) is 4.49. The first-order valence-corrected chi connectivity index (χ1v) is 6.13. The Morgan fingerprint density at radius 3 is 2.47 bits per heavy atom. The van der Waals surface area contributed by atoms with Crippen LogP contribution in [-0.4, -0.2) is 17.4 Å². The van der Waals surface area contributed by atoms with Gasteiger partial charge in [0.2, 0.25) is 0 Å². The Hall–Kier alpha value is -1.35. The van der Waals surface area contributed by atoms with Gasteiger partial charge < -0.3 is 10.5 Å². The van der Waals surface area contributed by atoms with Crippen molar-refractivity contribution in [1.82, 2.24) is 0 Å². The van der Waals surface area contributed by atoms with Gasteiger partial charge in [0.1, 0.15) is 5.75 Å². The van der Waals surface area contributed by atoms with Gasteiger partial charge in [0, 0.05) is 5.56 Å². The Morgan fingerprint density at radius 2 is 2.00 bits per heavy atom. The van der Waals surface area contributed by atoms with Crippen LogP contribution >= 0.6 is 0 Å². The van der Waals surface area contributed by atoms with Crippen molar-refractivity contribution in [2.75, 3.05) is 0 Å². The first kappa shape index (κ1) is 12.1. The molecule has 0 amide bonds. The first-order chi connectivity index (χ1) is 8.03. The van der Waals surface area contributed by atoms with Gasteiger partial charge >= 0.3 is 0 Å². The molecule has 0 radical (unpaired) electrons. The average Bonchev–Trinajstić information content (AvgIpc) is 3.13. The zero-order valence-corrected chi connectivity index (χ0v) is 10.4. The highest BCUT2D eigenvalue weighted by molar-refractivity contribution is 6.02. The van der Waals surface area contributed by atoms with E-state index >= 15 is 0 Å². The highest BCUT2D eigenvalue weighted by Crippen LogP contribution is 2.27. The number of ether oxygens (including phenoxy) is 1. The summed E-state index contributed by atoms with van der Waals surface area (Å²) in [7, 11) is 0. The molecule has 1 aliphatic rings. The molecule has 17 heavy (non-hydrogen) atoms. The first-order valence-electron chi connectivity index (χ1n) is 6.13.